The van der Waals surface area contributed by atoms with Gasteiger partial charge in [0.25, 0.3) is 0 Å². The summed E-state index contributed by atoms with van der Waals surface area (Å²) in [5, 5.41) is 6.87. The predicted octanol–water partition coefficient (Wildman–Crippen LogP) is 3.09. The highest BCUT2D eigenvalue weighted by Crippen LogP contribution is 2.17. The lowest BCUT2D eigenvalue weighted by molar-refractivity contribution is 0.141. The van der Waals surface area contributed by atoms with Crippen LogP contribution in [-0.2, 0) is 6.54 Å². The predicted molar refractivity (Wildman–Crippen MR) is 109 cm³/mol. The summed E-state index contributed by atoms with van der Waals surface area (Å²) in [4.78, 5) is 6.90. The highest BCUT2D eigenvalue weighted by molar-refractivity contribution is 14.0. The lowest BCUT2D eigenvalue weighted by Gasteiger charge is -2.35. The van der Waals surface area contributed by atoms with Gasteiger partial charge in [-0.3, -0.25) is 4.99 Å². The van der Waals surface area contributed by atoms with Crippen molar-refractivity contribution in [2.24, 2.45) is 10.9 Å². The molecule has 2 rings (SSSR count). The number of likely N-dealkylation sites (tertiary alicyclic amines) is 1. The Morgan fingerprint density at radius 3 is 2.65 bits per heavy atom. The molecule has 2 N–H and O–H groups in total. The normalized spacial score (nSPS) is 19.3. The third-order valence-corrected chi connectivity index (χ3v) is 4.37. The Morgan fingerprint density at radius 2 is 2.00 bits per heavy atom. The van der Waals surface area contributed by atoms with Crippen LogP contribution in [0.25, 0.3) is 0 Å². The van der Waals surface area contributed by atoms with Gasteiger partial charge in [-0.15, -0.1) is 24.0 Å². The van der Waals surface area contributed by atoms with Gasteiger partial charge >= 0.3 is 0 Å². The van der Waals surface area contributed by atoms with Crippen LogP contribution in [0.1, 0.15) is 32.3 Å². The molecule has 1 saturated heterocycles. The molecule has 0 amide bonds. The van der Waals surface area contributed by atoms with E-state index in [0.29, 0.717) is 12.0 Å². The minimum Gasteiger partial charge on any atom is -0.356 e. The van der Waals surface area contributed by atoms with Crippen LogP contribution in [0.3, 0.4) is 0 Å². The number of guanidine groups is 1. The Morgan fingerprint density at radius 1 is 1.26 bits per heavy atom. The maximum absolute atomic E-state index is 4.32. The number of aliphatic imine (C=N–C) groups is 1. The van der Waals surface area contributed by atoms with Gasteiger partial charge in [-0.1, -0.05) is 30.3 Å². The van der Waals surface area contributed by atoms with Crippen molar-refractivity contribution in [2.75, 3.05) is 26.7 Å². The summed E-state index contributed by atoms with van der Waals surface area (Å²) in [6.07, 6.45) is 2.62. The first kappa shape index (κ1) is 20.2. The van der Waals surface area contributed by atoms with Gasteiger partial charge in [0.15, 0.2) is 5.96 Å². The number of benzene rings is 1. The number of hydrogen-bond donors (Lipinski definition) is 2. The van der Waals surface area contributed by atoms with E-state index in [2.05, 4.69) is 58.6 Å². The van der Waals surface area contributed by atoms with Crippen molar-refractivity contribution in [3.05, 3.63) is 35.9 Å². The van der Waals surface area contributed by atoms with E-state index in [0.717, 1.165) is 19.0 Å². The third kappa shape index (κ3) is 7.08. The maximum atomic E-state index is 4.32. The number of rotatable bonds is 5. The maximum Gasteiger partial charge on any atom is 0.191 e. The number of piperidine rings is 1. The highest BCUT2D eigenvalue weighted by Gasteiger charge is 2.21. The molecule has 1 aromatic carbocycles. The number of nitrogens with one attached hydrogen (secondary N) is 2. The molecule has 1 atom stereocenters. The number of hydrogen-bond acceptors (Lipinski definition) is 2. The molecule has 1 fully saturated rings. The van der Waals surface area contributed by atoms with E-state index in [-0.39, 0.29) is 24.0 Å². The first-order valence-electron chi connectivity index (χ1n) is 8.41. The lowest BCUT2D eigenvalue weighted by Crippen LogP contribution is -2.45. The highest BCUT2D eigenvalue weighted by atomic mass is 127. The van der Waals surface area contributed by atoms with E-state index in [1.165, 1.54) is 31.5 Å². The van der Waals surface area contributed by atoms with Crippen LogP contribution in [0.2, 0.25) is 0 Å². The Kier molecular flexibility index (Phi) is 9.55. The molecule has 0 radical (unpaired) electrons. The van der Waals surface area contributed by atoms with E-state index in [1.54, 1.807) is 0 Å². The van der Waals surface area contributed by atoms with Crippen LogP contribution in [0.5, 0.6) is 0 Å². The molecule has 1 aliphatic heterocycles. The minimum atomic E-state index is 0. The summed E-state index contributed by atoms with van der Waals surface area (Å²) < 4.78 is 0. The van der Waals surface area contributed by atoms with Gasteiger partial charge in [0.1, 0.15) is 0 Å². The molecule has 0 aromatic heterocycles. The molecule has 1 heterocycles. The van der Waals surface area contributed by atoms with E-state index in [9.17, 15) is 0 Å². The summed E-state index contributed by atoms with van der Waals surface area (Å²) in [6, 6.07) is 11.1. The van der Waals surface area contributed by atoms with Crippen molar-refractivity contribution in [2.45, 2.75) is 39.3 Å². The summed E-state index contributed by atoms with van der Waals surface area (Å²) >= 11 is 0. The molecule has 1 aromatic rings. The zero-order valence-electron chi connectivity index (χ0n) is 14.6. The second-order valence-corrected chi connectivity index (χ2v) is 6.39. The Balaban J connectivity index is 0.00000264. The smallest absolute Gasteiger partial charge is 0.191 e. The fourth-order valence-corrected chi connectivity index (χ4v) is 2.98. The molecule has 1 aliphatic rings. The van der Waals surface area contributed by atoms with Crippen molar-refractivity contribution < 1.29 is 0 Å². The van der Waals surface area contributed by atoms with Gasteiger partial charge in [0, 0.05) is 32.7 Å². The Bertz CT molecular complexity index is 461. The van der Waals surface area contributed by atoms with Crippen LogP contribution in [0.15, 0.2) is 35.3 Å². The van der Waals surface area contributed by atoms with Crippen LogP contribution >= 0.6 is 24.0 Å². The summed E-state index contributed by atoms with van der Waals surface area (Å²) in [5.41, 5.74) is 1.27. The van der Waals surface area contributed by atoms with Crippen molar-refractivity contribution in [1.82, 2.24) is 15.5 Å². The second kappa shape index (κ2) is 10.9. The molecule has 0 saturated carbocycles. The second-order valence-electron chi connectivity index (χ2n) is 6.39. The van der Waals surface area contributed by atoms with Crippen molar-refractivity contribution >= 4 is 29.9 Å². The molecule has 0 aliphatic carbocycles. The minimum absolute atomic E-state index is 0. The molecular formula is C18H31IN4. The third-order valence-electron chi connectivity index (χ3n) is 4.37. The largest absolute Gasteiger partial charge is 0.356 e. The van der Waals surface area contributed by atoms with Gasteiger partial charge in [0.2, 0.25) is 0 Å². The Labute approximate surface area is 158 Å². The zero-order chi connectivity index (χ0) is 15.8. The van der Waals surface area contributed by atoms with Crippen molar-refractivity contribution in [1.29, 1.82) is 0 Å². The van der Waals surface area contributed by atoms with Crippen molar-refractivity contribution in [3.63, 3.8) is 0 Å². The van der Waals surface area contributed by atoms with Gasteiger partial charge in [0.05, 0.1) is 0 Å². The van der Waals surface area contributed by atoms with E-state index >= 15 is 0 Å². The van der Waals surface area contributed by atoms with Crippen LogP contribution < -0.4 is 10.6 Å². The average molecular weight is 430 g/mol. The lowest BCUT2D eigenvalue weighted by atomic mass is 9.97. The molecule has 5 heteroatoms. The van der Waals surface area contributed by atoms with Crippen molar-refractivity contribution in [3.8, 4) is 0 Å². The van der Waals surface area contributed by atoms with Gasteiger partial charge in [-0.25, -0.2) is 0 Å². The average Bonchev–Trinajstić information content (AvgIpc) is 2.56. The summed E-state index contributed by atoms with van der Waals surface area (Å²) in [5.74, 6) is 1.61. The molecule has 0 bridgehead atoms. The molecule has 130 valence electrons. The monoisotopic (exact) mass is 430 g/mol. The van der Waals surface area contributed by atoms with E-state index < -0.39 is 0 Å². The summed E-state index contributed by atoms with van der Waals surface area (Å²) in [6.45, 7) is 8.82. The van der Waals surface area contributed by atoms with E-state index in [1.807, 2.05) is 13.1 Å². The fourth-order valence-electron chi connectivity index (χ4n) is 2.98. The Hall–Kier alpha value is -0.820. The van der Waals surface area contributed by atoms with Crippen LogP contribution in [0, 0.1) is 5.92 Å². The zero-order valence-corrected chi connectivity index (χ0v) is 16.9. The fraction of sp³-hybridized carbons (Fsp3) is 0.611. The summed E-state index contributed by atoms with van der Waals surface area (Å²) in [7, 11) is 1.83. The number of nitrogens with zero attached hydrogens (tertiary/aromatic N) is 2. The van der Waals surface area contributed by atoms with Crippen LogP contribution in [0.4, 0.5) is 0 Å². The number of halogens is 1. The molecule has 4 nitrogen and oxygen atoms in total. The quantitative estimate of drug-likeness (QED) is 0.429. The van der Waals surface area contributed by atoms with Gasteiger partial charge < -0.3 is 15.5 Å². The van der Waals surface area contributed by atoms with Gasteiger partial charge in [-0.2, -0.15) is 0 Å². The first-order chi connectivity index (χ1) is 10.7. The first-order valence-corrected chi connectivity index (χ1v) is 8.41. The molecule has 1 unspecified atom stereocenters. The molecular weight excluding hydrogens is 399 g/mol. The standard InChI is InChI=1S/C18H30N4.HI/c1-15(2)22-11-7-10-17(14-22)13-21-18(19-3)20-12-16-8-5-4-6-9-16;/h4-6,8-9,15,17H,7,10-14H2,1-3H3,(H2,19,20,21);1H. The van der Waals surface area contributed by atoms with Gasteiger partial charge in [-0.05, 0) is 44.7 Å². The van der Waals surface area contributed by atoms with E-state index in [4.69, 9.17) is 0 Å². The topological polar surface area (TPSA) is 39.7 Å². The molecule has 0 spiro atoms. The molecule has 23 heavy (non-hydrogen) atoms. The SMILES string of the molecule is CN=C(NCc1ccccc1)NCC1CCCN(C(C)C)C1.I. The van der Waals surface area contributed by atoms with Crippen LogP contribution in [-0.4, -0.2) is 43.6 Å².